The van der Waals surface area contributed by atoms with Crippen molar-refractivity contribution in [2.45, 2.75) is 25.9 Å². The first-order valence-corrected chi connectivity index (χ1v) is 7.69. The van der Waals surface area contributed by atoms with Crippen molar-refractivity contribution in [2.75, 3.05) is 6.54 Å². The molecule has 20 heavy (non-hydrogen) atoms. The fourth-order valence-electron chi connectivity index (χ4n) is 2.13. The van der Waals surface area contributed by atoms with Gasteiger partial charge in [-0.25, -0.2) is 0 Å². The molecular formula is C16H20N2OS. The molecular weight excluding hydrogens is 268 g/mol. The van der Waals surface area contributed by atoms with Gasteiger partial charge in [0.25, 0.3) is 0 Å². The van der Waals surface area contributed by atoms with Crippen LogP contribution in [0, 0.1) is 0 Å². The van der Waals surface area contributed by atoms with Gasteiger partial charge >= 0.3 is 0 Å². The molecule has 2 aromatic rings. The lowest BCUT2D eigenvalue weighted by Gasteiger charge is -2.24. The van der Waals surface area contributed by atoms with E-state index in [1.54, 1.807) is 11.3 Å². The summed E-state index contributed by atoms with van der Waals surface area (Å²) in [5.74, 6) is 0.0183. The van der Waals surface area contributed by atoms with Gasteiger partial charge in [0.2, 0.25) is 5.91 Å². The summed E-state index contributed by atoms with van der Waals surface area (Å²) < 4.78 is 0. The standard InChI is InChI=1S/C16H20N2OS/c1-2-18(12-14-9-6-10-20-14)16(19)15(17)11-13-7-4-3-5-8-13/h3-10,15H,2,11-12,17H2,1H3. The fraction of sp³-hybridized carbons (Fsp3) is 0.312. The van der Waals surface area contributed by atoms with Gasteiger partial charge in [-0.15, -0.1) is 11.3 Å². The van der Waals surface area contributed by atoms with E-state index >= 15 is 0 Å². The van der Waals surface area contributed by atoms with Crippen LogP contribution < -0.4 is 5.73 Å². The number of thiophene rings is 1. The Bertz CT molecular complexity index is 525. The molecule has 1 amide bonds. The van der Waals surface area contributed by atoms with E-state index in [4.69, 9.17) is 5.73 Å². The minimum atomic E-state index is -0.475. The average molecular weight is 288 g/mol. The van der Waals surface area contributed by atoms with Crippen molar-refractivity contribution in [3.8, 4) is 0 Å². The number of amides is 1. The van der Waals surface area contributed by atoms with E-state index in [0.29, 0.717) is 19.5 Å². The van der Waals surface area contributed by atoms with E-state index in [-0.39, 0.29) is 5.91 Å². The lowest BCUT2D eigenvalue weighted by Crippen LogP contribution is -2.44. The minimum Gasteiger partial charge on any atom is -0.336 e. The van der Waals surface area contributed by atoms with Crippen LogP contribution in [0.3, 0.4) is 0 Å². The molecule has 0 aliphatic heterocycles. The SMILES string of the molecule is CCN(Cc1cccs1)C(=O)C(N)Cc1ccccc1. The molecule has 4 heteroatoms. The molecule has 0 saturated heterocycles. The molecule has 0 bridgehead atoms. The Morgan fingerprint density at radius 3 is 2.60 bits per heavy atom. The van der Waals surface area contributed by atoms with Crippen molar-refractivity contribution in [3.63, 3.8) is 0 Å². The maximum absolute atomic E-state index is 12.4. The summed E-state index contributed by atoms with van der Waals surface area (Å²) in [5, 5.41) is 2.03. The Morgan fingerprint density at radius 1 is 1.25 bits per heavy atom. The van der Waals surface area contributed by atoms with Gasteiger partial charge in [0.1, 0.15) is 0 Å². The fourth-order valence-corrected chi connectivity index (χ4v) is 2.85. The number of carbonyl (C=O) groups excluding carboxylic acids is 1. The number of hydrogen-bond acceptors (Lipinski definition) is 3. The van der Waals surface area contributed by atoms with Crippen LogP contribution in [0.2, 0.25) is 0 Å². The predicted octanol–water partition coefficient (Wildman–Crippen LogP) is 2.67. The Hall–Kier alpha value is -1.65. The number of benzene rings is 1. The zero-order chi connectivity index (χ0) is 14.4. The molecule has 0 saturated carbocycles. The zero-order valence-corrected chi connectivity index (χ0v) is 12.5. The summed E-state index contributed by atoms with van der Waals surface area (Å²) in [6.45, 7) is 3.31. The quantitative estimate of drug-likeness (QED) is 0.888. The molecule has 0 aliphatic rings. The van der Waals surface area contributed by atoms with Gasteiger partial charge in [-0.05, 0) is 30.4 Å². The van der Waals surface area contributed by atoms with Gasteiger partial charge in [0.05, 0.1) is 12.6 Å². The summed E-state index contributed by atoms with van der Waals surface area (Å²) in [6, 6.07) is 13.5. The van der Waals surface area contributed by atoms with Crippen molar-refractivity contribution in [1.82, 2.24) is 4.90 Å². The molecule has 0 radical (unpaired) electrons. The van der Waals surface area contributed by atoms with Crippen LogP contribution in [0.4, 0.5) is 0 Å². The Kier molecular flexibility index (Phi) is 5.32. The van der Waals surface area contributed by atoms with Crippen molar-refractivity contribution >= 4 is 17.2 Å². The van der Waals surface area contributed by atoms with E-state index < -0.39 is 6.04 Å². The van der Waals surface area contributed by atoms with Crippen LogP contribution in [-0.2, 0) is 17.8 Å². The minimum absolute atomic E-state index is 0.0183. The van der Waals surface area contributed by atoms with Crippen LogP contribution in [0.5, 0.6) is 0 Å². The summed E-state index contributed by atoms with van der Waals surface area (Å²) in [4.78, 5) is 15.4. The zero-order valence-electron chi connectivity index (χ0n) is 11.7. The second-order valence-corrected chi connectivity index (χ2v) is 5.76. The highest BCUT2D eigenvalue weighted by Crippen LogP contribution is 2.13. The van der Waals surface area contributed by atoms with E-state index in [2.05, 4.69) is 0 Å². The third kappa shape index (κ3) is 3.92. The van der Waals surface area contributed by atoms with Crippen LogP contribution in [0.15, 0.2) is 47.8 Å². The number of nitrogens with zero attached hydrogens (tertiary/aromatic N) is 1. The smallest absolute Gasteiger partial charge is 0.240 e. The molecule has 1 aromatic carbocycles. The van der Waals surface area contributed by atoms with Gasteiger partial charge in [0.15, 0.2) is 0 Å². The number of hydrogen-bond donors (Lipinski definition) is 1. The lowest BCUT2D eigenvalue weighted by atomic mass is 10.1. The Morgan fingerprint density at radius 2 is 2.00 bits per heavy atom. The lowest BCUT2D eigenvalue weighted by molar-refractivity contribution is -0.132. The summed E-state index contributed by atoms with van der Waals surface area (Å²) in [5.41, 5.74) is 7.16. The normalized spacial score (nSPS) is 12.1. The van der Waals surface area contributed by atoms with Gasteiger partial charge in [0, 0.05) is 11.4 Å². The summed E-state index contributed by atoms with van der Waals surface area (Å²) in [6.07, 6.45) is 0.584. The summed E-state index contributed by atoms with van der Waals surface area (Å²) >= 11 is 1.67. The molecule has 2 N–H and O–H groups in total. The van der Waals surface area contributed by atoms with E-state index in [0.717, 1.165) is 5.56 Å². The van der Waals surface area contributed by atoms with Crippen molar-refractivity contribution < 1.29 is 4.79 Å². The first kappa shape index (κ1) is 14.8. The van der Waals surface area contributed by atoms with Gasteiger partial charge in [-0.2, -0.15) is 0 Å². The van der Waals surface area contributed by atoms with E-state index in [1.165, 1.54) is 4.88 Å². The molecule has 1 heterocycles. The topological polar surface area (TPSA) is 46.3 Å². The second kappa shape index (κ2) is 7.22. The third-order valence-corrected chi connectivity index (χ3v) is 4.10. The van der Waals surface area contributed by atoms with E-state index in [9.17, 15) is 4.79 Å². The van der Waals surface area contributed by atoms with Gasteiger partial charge in [-0.1, -0.05) is 36.4 Å². The van der Waals surface area contributed by atoms with Crippen LogP contribution >= 0.6 is 11.3 Å². The molecule has 1 atom stereocenters. The molecule has 0 fully saturated rings. The highest BCUT2D eigenvalue weighted by molar-refractivity contribution is 7.09. The number of rotatable bonds is 6. The molecule has 3 nitrogen and oxygen atoms in total. The van der Waals surface area contributed by atoms with E-state index in [1.807, 2.05) is 59.7 Å². The summed E-state index contributed by atoms with van der Waals surface area (Å²) in [7, 11) is 0. The largest absolute Gasteiger partial charge is 0.336 e. The molecule has 106 valence electrons. The number of nitrogens with two attached hydrogens (primary N) is 1. The third-order valence-electron chi connectivity index (χ3n) is 3.24. The van der Waals surface area contributed by atoms with Crippen LogP contribution in [0.1, 0.15) is 17.4 Å². The number of likely N-dealkylation sites (N-methyl/N-ethyl adjacent to an activating group) is 1. The first-order valence-electron chi connectivity index (χ1n) is 6.81. The second-order valence-electron chi connectivity index (χ2n) is 4.73. The van der Waals surface area contributed by atoms with Crippen LogP contribution in [0.25, 0.3) is 0 Å². The Balaban J connectivity index is 1.97. The van der Waals surface area contributed by atoms with Gasteiger partial charge < -0.3 is 10.6 Å². The molecule has 2 rings (SSSR count). The molecule has 1 unspecified atom stereocenters. The van der Waals surface area contributed by atoms with Crippen molar-refractivity contribution in [1.29, 1.82) is 0 Å². The maximum Gasteiger partial charge on any atom is 0.240 e. The highest BCUT2D eigenvalue weighted by Gasteiger charge is 2.20. The van der Waals surface area contributed by atoms with Gasteiger partial charge in [-0.3, -0.25) is 4.79 Å². The molecule has 1 aromatic heterocycles. The Labute approximate surface area is 124 Å². The van der Waals surface area contributed by atoms with Crippen molar-refractivity contribution in [2.24, 2.45) is 5.73 Å². The predicted molar refractivity (Wildman–Crippen MR) is 83.5 cm³/mol. The molecule has 0 spiro atoms. The maximum atomic E-state index is 12.4. The first-order chi connectivity index (χ1) is 9.70. The monoisotopic (exact) mass is 288 g/mol. The highest BCUT2D eigenvalue weighted by atomic mass is 32.1. The van der Waals surface area contributed by atoms with Crippen LogP contribution in [-0.4, -0.2) is 23.4 Å². The van der Waals surface area contributed by atoms with Crippen molar-refractivity contribution in [3.05, 3.63) is 58.3 Å². The number of carbonyl (C=O) groups is 1. The average Bonchev–Trinajstić information content (AvgIpc) is 2.98. The molecule has 0 aliphatic carbocycles.